The lowest BCUT2D eigenvalue weighted by Gasteiger charge is -2.28. The maximum atomic E-state index is 14.2. The highest BCUT2D eigenvalue weighted by Crippen LogP contribution is 2.50. The largest absolute Gasteiger partial charge is 0.463 e. The Balaban J connectivity index is 1.60. The second kappa shape index (κ2) is 19.1. The maximum absolute atomic E-state index is 14.2. The van der Waals surface area contributed by atoms with Crippen molar-refractivity contribution in [3.05, 3.63) is 48.6 Å². The van der Waals surface area contributed by atoms with Gasteiger partial charge in [-0.3, -0.25) is 14.4 Å². The zero-order valence-corrected chi connectivity index (χ0v) is 27.9. The van der Waals surface area contributed by atoms with E-state index in [9.17, 15) is 45.5 Å². The summed E-state index contributed by atoms with van der Waals surface area (Å²) in [6, 6.07) is 1.18. The van der Waals surface area contributed by atoms with Crippen molar-refractivity contribution in [3.63, 3.8) is 0 Å². The van der Waals surface area contributed by atoms with Crippen molar-refractivity contribution in [2.24, 2.45) is 23.7 Å². The van der Waals surface area contributed by atoms with Crippen molar-refractivity contribution in [1.29, 1.82) is 0 Å². The molecule has 0 heterocycles. The van der Waals surface area contributed by atoms with E-state index in [1.165, 1.54) is 6.08 Å². The van der Waals surface area contributed by atoms with Crippen molar-refractivity contribution in [1.82, 2.24) is 0 Å². The number of carbonyl (C=O) groups is 4. The summed E-state index contributed by atoms with van der Waals surface area (Å²) in [7, 11) is 0. The van der Waals surface area contributed by atoms with Crippen molar-refractivity contribution in [2.45, 2.75) is 95.8 Å². The first-order valence-electron chi connectivity index (χ1n) is 16.9. The van der Waals surface area contributed by atoms with Crippen LogP contribution in [0.2, 0.25) is 0 Å². The van der Waals surface area contributed by atoms with E-state index in [2.05, 4.69) is 13.2 Å². The average molecular weight is 719 g/mol. The zero-order chi connectivity index (χ0) is 36.9. The van der Waals surface area contributed by atoms with E-state index in [0.717, 1.165) is 25.3 Å². The first-order valence-corrected chi connectivity index (χ1v) is 16.9. The lowest BCUT2D eigenvalue weighted by molar-refractivity contribution is -0.166. The predicted octanol–water partition coefficient (Wildman–Crippen LogP) is 8.60. The van der Waals surface area contributed by atoms with Gasteiger partial charge in [-0.1, -0.05) is 19.6 Å². The van der Waals surface area contributed by atoms with Crippen LogP contribution in [0.25, 0.3) is 0 Å². The molecular weight excluding hydrogens is 674 g/mol. The lowest BCUT2D eigenvalue weighted by Crippen LogP contribution is -2.29. The van der Waals surface area contributed by atoms with Gasteiger partial charge in [-0.2, -0.15) is 26.3 Å². The minimum Gasteiger partial charge on any atom is -0.463 e. The van der Waals surface area contributed by atoms with Gasteiger partial charge in [0.05, 0.1) is 18.4 Å². The molecular formula is C36H44F6O8. The number of hydrogen-bond acceptors (Lipinski definition) is 8. The number of hydrogen-bond donors (Lipinski definition) is 0. The highest BCUT2D eigenvalue weighted by molar-refractivity contribution is 5.90. The van der Waals surface area contributed by atoms with E-state index in [1.807, 2.05) is 0 Å². The molecule has 0 atom stereocenters. The summed E-state index contributed by atoms with van der Waals surface area (Å²) in [4.78, 5) is 48.1. The van der Waals surface area contributed by atoms with E-state index in [0.29, 0.717) is 70.1 Å². The number of halogens is 6. The number of rotatable bonds is 17. The minimum atomic E-state index is -5.60. The van der Waals surface area contributed by atoms with E-state index >= 15 is 0 Å². The van der Waals surface area contributed by atoms with Crippen molar-refractivity contribution in [2.75, 3.05) is 19.8 Å². The van der Waals surface area contributed by atoms with Gasteiger partial charge in [0.15, 0.2) is 5.78 Å². The zero-order valence-electron chi connectivity index (χ0n) is 27.9. The summed E-state index contributed by atoms with van der Waals surface area (Å²) in [5.74, 6) is -6.62. The van der Waals surface area contributed by atoms with E-state index in [1.54, 1.807) is 0 Å². The second-order valence-corrected chi connectivity index (χ2v) is 12.8. The van der Waals surface area contributed by atoms with Gasteiger partial charge in [0.2, 0.25) is 0 Å². The molecule has 0 bridgehead atoms. The third-order valence-corrected chi connectivity index (χ3v) is 9.27. The lowest BCUT2D eigenvalue weighted by atomic mass is 9.80. The quantitative estimate of drug-likeness (QED) is 0.0519. The molecule has 1 aromatic carbocycles. The molecule has 0 spiro atoms. The molecule has 1 aromatic rings. The van der Waals surface area contributed by atoms with Crippen LogP contribution >= 0.6 is 0 Å². The summed E-state index contributed by atoms with van der Waals surface area (Å²) in [6.45, 7) is 7.20. The first-order chi connectivity index (χ1) is 23.6. The number of alkyl halides is 6. The molecule has 2 fully saturated rings. The fourth-order valence-corrected chi connectivity index (χ4v) is 6.53. The molecule has 50 heavy (non-hydrogen) atoms. The standard InChI is InChI=1S/C36H44F6O8/c1-3-27(43)22-47-20-7-9-24-12-16-26(17-13-24)34(46)50-29-19-18-28(31(35(37,38)39)32(29)36(40,41)42)49-33(45)25-14-10-23(11-15-25)8-5-6-21-48-30(44)4-2/h3-4,18-19,23-26H,1-2,5-17,20-22H2. The Morgan fingerprint density at radius 3 is 1.54 bits per heavy atom. The van der Waals surface area contributed by atoms with Crippen LogP contribution in [0.15, 0.2) is 37.4 Å². The predicted molar refractivity (Wildman–Crippen MR) is 169 cm³/mol. The second-order valence-electron chi connectivity index (χ2n) is 12.8. The van der Waals surface area contributed by atoms with Crippen LogP contribution in [-0.4, -0.2) is 43.5 Å². The Bertz CT molecular complexity index is 1240. The van der Waals surface area contributed by atoms with Crippen LogP contribution < -0.4 is 9.47 Å². The van der Waals surface area contributed by atoms with Crippen molar-refractivity contribution in [3.8, 4) is 11.5 Å². The summed E-state index contributed by atoms with van der Waals surface area (Å²) < 4.78 is 106. The molecule has 2 saturated carbocycles. The van der Waals surface area contributed by atoms with Crippen LogP contribution in [0.4, 0.5) is 26.3 Å². The van der Waals surface area contributed by atoms with Crippen molar-refractivity contribution < 1.29 is 64.5 Å². The van der Waals surface area contributed by atoms with E-state index < -0.39 is 64.7 Å². The first kappa shape index (κ1) is 40.7. The molecule has 0 aromatic heterocycles. The fraction of sp³-hybridized carbons (Fsp3) is 0.611. The van der Waals surface area contributed by atoms with Crippen LogP contribution in [-0.2, 0) is 41.0 Å². The minimum absolute atomic E-state index is 0.0658. The number of ketones is 1. The molecule has 0 unspecified atom stereocenters. The molecule has 0 aliphatic heterocycles. The number of ether oxygens (including phenoxy) is 4. The summed E-state index contributed by atoms with van der Waals surface area (Å²) in [5, 5.41) is 0. The number of esters is 3. The average Bonchev–Trinajstić information content (AvgIpc) is 3.07. The Hall–Kier alpha value is -3.68. The van der Waals surface area contributed by atoms with Gasteiger partial charge in [-0.05, 0) is 107 Å². The van der Waals surface area contributed by atoms with Gasteiger partial charge in [-0.25, -0.2) is 4.79 Å². The van der Waals surface area contributed by atoms with Gasteiger partial charge >= 0.3 is 30.3 Å². The highest BCUT2D eigenvalue weighted by atomic mass is 19.4. The van der Waals surface area contributed by atoms with Crippen LogP contribution in [0.1, 0.15) is 94.6 Å². The van der Waals surface area contributed by atoms with Gasteiger partial charge in [-0.15, -0.1) is 0 Å². The van der Waals surface area contributed by atoms with E-state index in [-0.39, 0.29) is 43.7 Å². The molecule has 0 radical (unpaired) electrons. The Morgan fingerprint density at radius 1 is 0.660 bits per heavy atom. The monoisotopic (exact) mass is 718 g/mol. The Morgan fingerprint density at radius 2 is 1.12 bits per heavy atom. The molecule has 8 nitrogen and oxygen atoms in total. The van der Waals surface area contributed by atoms with Crippen molar-refractivity contribution >= 4 is 23.7 Å². The smallest absolute Gasteiger partial charge is 0.420 e. The Kier molecular flexibility index (Phi) is 15.5. The third-order valence-electron chi connectivity index (χ3n) is 9.27. The molecule has 0 N–H and O–H groups in total. The van der Waals surface area contributed by atoms with Crippen LogP contribution in [0.5, 0.6) is 11.5 Å². The normalized spacial score (nSPS) is 21.2. The number of benzene rings is 1. The molecule has 2 aliphatic rings. The topological polar surface area (TPSA) is 105 Å². The van der Waals surface area contributed by atoms with E-state index in [4.69, 9.17) is 18.9 Å². The van der Waals surface area contributed by atoms with Crippen LogP contribution in [0.3, 0.4) is 0 Å². The summed E-state index contributed by atoms with van der Waals surface area (Å²) in [5.41, 5.74) is -4.45. The molecule has 3 rings (SSSR count). The SMILES string of the molecule is C=CC(=O)COCCCC1CCC(C(=O)Oc2ccc(OC(=O)C3CCC(CCCCOC(=O)C=C)CC3)c(C(F)(F)F)c2C(F)(F)F)CC1. The number of carbonyl (C=O) groups excluding carboxylic acids is 4. The molecule has 2 aliphatic carbocycles. The molecule has 0 saturated heterocycles. The molecule has 0 amide bonds. The maximum Gasteiger partial charge on any atom is 0.420 e. The molecule has 14 heteroatoms. The highest BCUT2D eigenvalue weighted by Gasteiger charge is 2.49. The summed E-state index contributed by atoms with van der Waals surface area (Å²) in [6.07, 6.45) is -1.91. The fourth-order valence-electron chi connectivity index (χ4n) is 6.53. The Labute approximate surface area is 287 Å². The number of unbranched alkanes of at least 4 members (excludes halogenated alkanes) is 1. The summed E-state index contributed by atoms with van der Waals surface area (Å²) >= 11 is 0. The van der Waals surface area contributed by atoms with Gasteiger partial charge in [0.25, 0.3) is 0 Å². The third kappa shape index (κ3) is 12.6. The molecule has 278 valence electrons. The van der Waals surface area contributed by atoms with Gasteiger partial charge < -0.3 is 18.9 Å². The van der Waals surface area contributed by atoms with Crippen LogP contribution in [0, 0.1) is 23.7 Å². The van der Waals surface area contributed by atoms with Gasteiger partial charge in [0.1, 0.15) is 29.2 Å². The van der Waals surface area contributed by atoms with Gasteiger partial charge in [0, 0.05) is 12.7 Å².